The van der Waals surface area contributed by atoms with E-state index >= 15 is 0 Å². The average molecular weight is 420 g/mol. The number of hydrogen-bond acceptors (Lipinski definition) is 4. The fourth-order valence-corrected chi connectivity index (χ4v) is 5.76. The van der Waals surface area contributed by atoms with Crippen molar-refractivity contribution in [1.82, 2.24) is 5.32 Å². The first-order valence-corrected chi connectivity index (χ1v) is 11.3. The number of carbonyl (C=O) groups excluding carboxylic acids is 1. The first-order chi connectivity index (χ1) is 14.6. The number of fused-ring (bicyclic) bond motifs is 3. The number of quaternary nitrogens is 1. The highest BCUT2D eigenvalue weighted by Gasteiger charge is 2.34. The summed E-state index contributed by atoms with van der Waals surface area (Å²) in [6.45, 7) is 3.08. The van der Waals surface area contributed by atoms with Gasteiger partial charge in [0, 0.05) is 31.8 Å². The zero-order valence-corrected chi connectivity index (χ0v) is 18.2. The van der Waals surface area contributed by atoms with E-state index in [0.29, 0.717) is 0 Å². The van der Waals surface area contributed by atoms with E-state index in [4.69, 9.17) is 0 Å². The zero-order valence-electron chi connectivity index (χ0n) is 17.4. The summed E-state index contributed by atoms with van der Waals surface area (Å²) in [4.78, 5) is 18.0. The lowest BCUT2D eigenvalue weighted by Crippen LogP contribution is -3.10. The van der Waals surface area contributed by atoms with Crippen LogP contribution < -0.4 is 20.4 Å². The Labute approximate surface area is 181 Å². The van der Waals surface area contributed by atoms with Crippen LogP contribution in [0.3, 0.4) is 0 Å². The molecule has 0 bridgehead atoms. The van der Waals surface area contributed by atoms with Crippen molar-refractivity contribution in [3.05, 3.63) is 81.7 Å². The molecule has 0 spiro atoms. The van der Waals surface area contributed by atoms with Crippen LogP contribution >= 0.6 is 11.3 Å². The van der Waals surface area contributed by atoms with Crippen molar-refractivity contribution in [2.24, 2.45) is 0 Å². The van der Waals surface area contributed by atoms with E-state index in [-0.39, 0.29) is 12.1 Å². The quantitative estimate of drug-likeness (QED) is 0.610. The maximum Gasteiger partial charge on any atom is 0.256 e. The van der Waals surface area contributed by atoms with Crippen LogP contribution in [-0.4, -0.2) is 26.5 Å². The van der Waals surface area contributed by atoms with Crippen LogP contribution in [-0.2, 0) is 19.5 Å². The van der Waals surface area contributed by atoms with Gasteiger partial charge in [0.25, 0.3) is 5.91 Å². The largest absolute Gasteiger partial charge is 0.378 e. The summed E-state index contributed by atoms with van der Waals surface area (Å²) in [7, 11) is 4.06. The summed E-state index contributed by atoms with van der Waals surface area (Å²) >= 11 is 1.76. The van der Waals surface area contributed by atoms with Gasteiger partial charge in [0.1, 0.15) is 24.3 Å². The van der Waals surface area contributed by atoms with Gasteiger partial charge >= 0.3 is 0 Å². The number of thiophene rings is 1. The van der Waals surface area contributed by atoms with E-state index < -0.39 is 0 Å². The van der Waals surface area contributed by atoms with Crippen molar-refractivity contribution >= 4 is 27.9 Å². The van der Waals surface area contributed by atoms with Crippen LogP contribution in [0, 0.1) is 0 Å². The van der Waals surface area contributed by atoms with Gasteiger partial charge in [-0.1, -0.05) is 42.5 Å². The second-order valence-electron chi connectivity index (χ2n) is 8.33. The summed E-state index contributed by atoms with van der Waals surface area (Å²) in [5.74, 6) is 0.0504. The van der Waals surface area contributed by atoms with E-state index in [1.165, 1.54) is 16.0 Å². The molecule has 2 aromatic carbocycles. The molecule has 0 radical (unpaired) electrons. The van der Waals surface area contributed by atoms with Crippen LogP contribution in [0.15, 0.2) is 54.6 Å². The topological polar surface area (TPSA) is 48.8 Å². The summed E-state index contributed by atoms with van der Waals surface area (Å²) in [5.41, 5.74) is 5.71. The number of benzene rings is 2. The molecule has 2 aliphatic heterocycles. The van der Waals surface area contributed by atoms with Gasteiger partial charge in [-0.05, 0) is 23.3 Å². The number of nitrogens with zero attached hydrogens (tertiary/aromatic N) is 1. The predicted octanol–water partition coefficient (Wildman–Crippen LogP) is 2.81. The van der Waals surface area contributed by atoms with Crippen molar-refractivity contribution in [2.45, 2.75) is 25.7 Å². The van der Waals surface area contributed by atoms with E-state index in [1.54, 1.807) is 16.2 Å². The van der Waals surface area contributed by atoms with Crippen LogP contribution in [0.5, 0.6) is 0 Å². The monoisotopic (exact) mass is 419 g/mol. The average Bonchev–Trinajstić information content (AvgIpc) is 3.12. The molecule has 2 unspecified atom stereocenters. The standard InChI is InChI=1S/C24H26N4OS/c1-27(2)18-10-8-17(9-11-18)22-25-23(29)21-19-12-13-28(14-16-6-4-3-5-7-16)15-20(19)30-24(21)26-22/h3-11,22,26H,12-15H2,1-2H3,(H,25,29)/p+1. The first kappa shape index (κ1) is 19.2. The second-order valence-corrected chi connectivity index (χ2v) is 9.44. The molecule has 2 aliphatic rings. The minimum Gasteiger partial charge on any atom is -0.378 e. The molecule has 30 heavy (non-hydrogen) atoms. The van der Waals surface area contributed by atoms with E-state index in [2.05, 4.69) is 70.1 Å². The van der Waals surface area contributed by atoms with Gasteiger partial charge in [0.15, 0.2) is 0 Å². The van der Waals surface area contributed by atoms with E-state index in [9.17, 15) is 4.79 Å². The summed E-state index contributed by atoms with van der Waals surface area (Å²) in [6.07, 6.45) is 0.773. The molecule has 5 nitrogen and oxygen atoms in total. The highest BCUT2D eigenvalue weighted by molar-refractivity contribution is 7.16. The molecule has 6 heteroatoms. The molecule has 1 amide bonds. The Morgan fingerprint density at radius 1 is 1.07 bits per heavy atom. The highest BCUT2D eigenvalue weighted by Crippen LogP contribution is 2.39. The molecule has 1 aromatic heterocycles. The number of nitrogens with one attached hydrogen (secondary N) is 3. The van der Waals surface area contributed by atoms with Crippen LogP contribution in [0.4, 0.5) is 10.7 Å². The third-order valence-electron chi connectivity index (χ3n) is 6.05. The van der Waals surface area contributed by atoms with Gasteiger partial charge in [0.2, 0.25) is 0 Å². The maximum atomic E-state index is 13.0. The SMILES string of the molecule is CN(C)c1ccc(C2NC(=O)c3c(sc4c3CC[NH+](Cc3ccccc3)C4)N2)cc1. The molecule has 3 N–H and O–H groups in total. The summed E-state index contributed by atoms with van der Waals surface area (Å²) in [5, 5.41) is 7.76. The van der Waals surface area contributed by atoms with Crippen LogP contribution in [0.25, 0.3) is 0 Å². The van der Waals surface area contributed by atoms with E-state index in [1.807, 2.05) is 14.1 Å². The molecule has 0 saturated carbocycles. The van der Waals surface area contributed by atoms with Crippen LogP contribution in [0.2, 0.25) is 0 Å². The molecule has 3 aromatic rings. The number of rotatable bonds is 4. The number of hydrogen-bond donors (Lipinski definition) is 3. The molecular weight excluding hydrogens is 392 g/mol. The molecular formula is C24H27N4OS+. The van der Waals surface area contributed by atoms with Gasteiger partial charge in [-0.15, -0.1) is 11.3 Å². The van der Waals surface area contributed by atoms with E-state index in [0.717, 1.165) is 47.9 Å². The lowest BCUT2D eigenvalue weighted by Gasteiger charge is -2.27. The highest BCUT2D eigenvalue weighted by atomic mass is 32.1. The Morgan fingerprint density at radius 2 is 1.83 bits per heavy atom. The molecule has 2 atom stereocenters. The zero-order chi connectivity index (χ0) is 20.7. The van der Waals surface area contributed by atoms with Crippen molar-refractivity contribution in [1.29, 1.82) is 0 Å². The Kier molecular flexibility index (Phi) is 4.97. The predicted molar refractivity (Wildman–Crippen MR) is 122 cm³/mol. The Morgan fingerprint density at radius 3 is 2.57 bits per heavy atom. The Hall–Kier alpha value is -2.83. The van der Waals surface area contributed by atoms with Crippen molar-refractivity contribution in [3.8, 4) is 0 Å². The lowest BCUT2D eigenvalue weighted by atomic mass is 10.00. The second kappa shape index (κ2) is 7.78. The smallest absolute Gasteiger partial charge is 0.256 e. The number of anilines is 2. The molecule has 3 heterocycles. The third kappa shape index (κ3) is 3.57. The lowest BCUT2D eigenvalue weighted by molar-refractivity contribution is -0.929. The minimum absolute atomic E-state index is 0.0504. The van der Waals surface area contributed by atoms with Crippen molar-refractivity contribution in [2.75, 3.05) is 30.9 Å². The Bertz CT molecular complexity index is 1060. The normalized spacial score (nSPS) is 20.0. The molecule has 0 fully saturated rings. The van der Waals surface area contributed by atoms with Gasteiger partial charge < -0.3 is 20.4 Å². The summed E-state index contributed by atoms with van der Waals surface area (Å²) < 4.78 is 0. The molecule has 154 valence electrons. The number of amides is 1. The minimum atomic E-state index is -0.186. The van der Waals surface area contributed by atoms with Gasteiger partial charge in [-0.3, -0.25) is 4.79 Å². The molecule has 0 saturated heterocycles. The number of carbonyl (C=O) groups is 1. The first-order valence-electron chi connectivity index (χ1n) is 10.4. The van der Waals surface area contributed by atoms with Gasteiger partial charge in [-0.2, -0.15) is 0 Å². The van der Waals surface area contributed by atoms with Gasteiger partial charge in [-0.25, -0.2) is 0 Å². The van der Waals surface area contributed by atoms with Crippen molar-refractivity contribution in [3.63, 3.8) is 0 Å². The fourth-order valence-electron chi connectivity index (χ4n) is 4.42. The maximum absolute atomic E-state index is 13.0. The fraction of sp³-hybridized carbons (Fsp3) is 0.292. The van der Waals surface area contributed by atoms with Gasteiger partial charge in [0.05, 0.1) is 17.0 Å². The van der Waals surface area contributed by atoms with Crippen molar-refractivity contribution < 1.29 is 9.69 Å². The summed E-state index contributed by atoms with van der Waals surface area (Å²) in [6, 6.07) is 19.0. The van der Waals surface area contributed by atoms with Crippen LogP contribution in [0.1, 0.15) is 38.1 Å². The molecule has 0 aliphatic carbocycles. The molecule has 5 rings (SSSR count). The Balaban J connectivity index is 1.35. The third-order valence-corrected chi connectivity index (χ3v) is 7.21.